The van der Waals surface area contributed by atoms with Crippen LogP contribution in [0, 0.1) is 10.1 Å². The zero-order valence-electron chi connectivity index (χ0n) is 17.2. The molecule has 0 spiro atoms. The Labute approximate surface area is 188 Å². The molecule has 1 aromatic heterocycles. The molecule has 1 heterocycles. The number of carbonyl (C=O) groups is 1. The van der Waals surface area contributed by atoms with Gasteiger partial charge >= 0.3 is 0 Å². The van der Waals surface area contributed by atoms with Crippen LogP contribution in [0.15, 0.2) is 77.8 Å². The Morgan fingerprint density at radius 3 is 2.27 bits per heavy atom. The smallest absolute Gasteiger partial charge is 0.286 e. The quantitative estimate of drug-likeness (QED) is 0.328. The zero-order chi connectivity index (χ0) is 23.9. The largest absolute Gasteiger partial charge is 0.366 e. The van der Waals surface area contributed by atoms with E-state index in [9.17, 15) is 28.5 Å². The summed E-state index contributed by atoms with van der Waals surface area (Å²) >= 11 is 0. The van der Waals surface area contributed by atoms with E-state index in [1.165, 1.54) is 48.5 Å². The lowest BCUT2D eigenvalue weighted by molar-refractivity contribution is -0.384. The molecule has 0 radical (unpaired) electrons. The first-order valence-corrected chi connectivity index (χ1v) is 11.0. The van der Waals surface area contributed by atoms with Crippen LogP contribution in [0.3, 0.4) is 0 Å². The van der Waals surface area contributed by atoms with Gasteiger partial charge in [0.1, 0.15) is 0 Å². The number of nitrogens with two attached hydrogens (primary N) is 1. The average molecular weight is 466 g/mol. The number of hydrogen-bond donors (Lipinski definition) is 2. The molecule has 0 aliphatic heterocycles. The first-order valence-electron chi connectivity index (χ1n) is 9.57. The number of nitrogens with zero attached hydrogens (tertiary/aromatic N) is 3. The van der Waals surface area contributed by atoms with Crippen molar-refractivity contribution in [2.24, 2.45) is 12.8 Å². The molecule has 0 aliphatic rings. The van der Waals surface area contributed by atoms with E-state index in [-0.39, 0.29) is 26.3 Å². The molecule has 4 rings (SSSR count). The minimum atomic E-state index is -4.33. The Morgan fingerprint density at radius 2 is 1.70 bits per heavy atom. The molecule has 0 fully saturated rings. The van der Waals surface area contributed by atoms with Crippen LogP contribution in [0.2, 0.25) is 0 Å². The third-order valence-electron chi connectivity index (χ3n) is 5.25. The highest BCUT2D eigenvalue weighted by Crippen LogP contribution is 2.34. The summed E-state index contributed by atoms with van der Waals surface area (Å²) in [5, 5.41) is 22.2. The van der Waals surface area contributed by atoms with Gasteiger partial charge in [-0.3, -0.25) is 20.1 Å². The first kappa shape index (κ1) is 22.0. The van der Waals surface area contributed by atoms with E-state index < -0.39 is 20.9 Å². The van der Waals surface area contributed by atoms with Crippen molar-refractivity contribution in [3.05, 3.63) is 88.6 Å². The van der Waals surface area contributed by atoms with Crippen molar-refractivity contribution < 1.29 is 23.3 Å². The highest BCUT2D eigenvalue weighted by Gasteiger charge is 2.25. The summed E-state index contributed by atoms with van der Waals surface area (Å²) < 4.78 is 27.8. The predicted octanol–water partition coefficient (Wildman–Crippen LogP) is 3.44. The number of aromatic nitrogens is 1. The average Bonchev–Trinajstić information content (AvgIpc) is 3.14. The van der Waals surface area contributed by atoms with Crippen molar-refractivity contribution in [1.29, 1.82) is 0 Å². The number of benzene rings is 3. The number of anilines is 1. The molecule has 33 heavy (non-hydrogen) atoms. The van der Waals surface area contributed by atoms with Crippen LogP contribution in [0.5, 0.6) is 0 Å². The fourth-order valence-corrected chi connectivity index (χ4v) is 4.59. The van der Waals surface area contributed by atoms with Crippen LogP contribution in [0.25, 0.3) is 22.0 Å². The van der Waals surface area contributed by atoms with Gasteiger partial charge in [-0.05, 0) is 60.2 Å². The van der Waals surface area contributed by atoms with E-state index in [0.717, 1.165) is 5.52 Å². The molecule has 11 heteroatoms. The maximum absolute atomic E-state index is 12.9. The second-order valence-electron chi connectivity index (χ2n) is 7.30. The number of amides is 1. The molecule has 10 nitrogen and oxygen atoms in total. The van der Waals surface area contributed by atoms with Crippen LogP contribution in [0.4, 0.5) is 11.4 Å². The SMILES string of the molecule is Cn1cc(-c2ccc([N+](=O)[O-])cc2)c2cc(N(O)S(=O)(=O)c3ccc(C(N)=O)cc3)ccc21. The second kappa shape index (κ2) is 8.04. The summed E-state index contributed by atoms with van der Waals surface area (Å²) in [7, 11) is -2.52. The maximum atomic E-state index is 12.9. The molecule has 0 unspecified atom stereocenters. The van der Waals surface area contributed by atoms with Gasteiger partial charge in [0.25, 0.3) is 15.7 Å². The summed E-state index contributed by atoms with van der Waals surface area (Å²) in [6.07, 6.45) is 1.81. The molecule has 0 saturated heterocycles. The number of nitro benzene ring substituents is 1. The molecule has 0 saturated carbocycles. The molecule has 3 aromatic carbocycles. The summed E-state index contributed by atoms with van der Waals surface area (Å²) in [5.41, 5.74) is 7.43. The Hall–Kier alpha value is -4.22. The number of primary amides is 1. The fraction of sp³-hybridized carbons (Fsp3) is 0.0455. The van der Waals surface area contributed by atoms with E-state index in [0.29, 0.717) is 16.5 Å². The molecule has 168 valence electrons. The second-order valence-corrected chi connectivity index (χ2v) is 9.06. The van der Waals surface area contributed by atoms with Crippen LogP contribution < -0.4 is 10.2 Å². The zero-order valence-corrected chi connectivity index (χ0v) is 18.1. The molecule has 0 aliphatic carbocycles. The van der Waals surface area contributed by atoms with Crippen molar-refractivity contribution in [3.63, 3.8) is 0 Å². The molecule has 3 N–H and O–H groups in total. The lowest BCUT2D eigenvalue weighted by atomic mass is 10.0. The van der Waals surface area contributed by atoms with Gasteiger partial charge in [0.05, 0.1) is 15.5 Å². The highest BCUT2D eigenvalue weighted by atomic mass is 32.2. The number of hydrogen-bond acceptors (Lipinski definition) is 6. The van der Waals surface area contributed by atoms with Gasteiger partial charge in [-0.1, -0.05) is 0 Å². The fourth-order valence-electron chi connectivity index (χ4n) is 3.52. The lowest BCUT2D eigenvalue weighted by Gasteiger charge is -2.17. The van der Waals surface area contributed by atoms with Gasteiger partial charge in [-0.15, -0.1) is 4.47 Å². The summed E-state index contributed by atoms with van der Waals surface area (Å²) in [5.74, 6) is -0.701. The van der Waals surface area contributed by atoms with Gasteiger partial charge in [0.2, 0.25) is 5.91 Å². The molecule has 1 amide bonds. The number of fused-ring (bicyclic) bond motifs is 1. The van der Waals surface area contributed by atoms with E-state index in [4.69, 9.17) is 5.73 Å². The first-order chi connectivity index (χ1) is 15.6. The number of rotatable bonds is 6. The van der Waals surface area contributed by atoms with E-state index in [1.54, 1.807) is 18.2 Å². The van der Waals surface area contributed by atoms with Crippen molar-refractivity contribution in [1.82, 2.24) is 4.57 Å². The van der Waals surface area contributed by atoms with Crippen molar-refractivity contribution in [2.45, 2.75) is 4.90 Å². The topological polar surface area (TPSA) is 149 Å². The van der Waals surface area contributed by atoms with E-state index in [2.05, 4.69) is 0 Å². The number of sulfonamides is 1. The normalized spacial score (nSPS) is 11.5. The standard InChI is InChI=1S/C22H18N4O6S/c1-24-13-20(14-2-6-16(7-3-14)25(28)29)19-12-17(8-11-21(19)24)26(30)33(31,32)18-9-4-15(5-10-18)22(23)27/h2-13,30H,1H3,(H2,23,27). The van der Waals surface area contributed by atoms with Crippen molar-refractivity contribution in [3.8, 4) is 11.1 Å². The summed E-state index contributed by atoms with van der Waals surface area (Å²) in [6.45, 7) is 0. The molecular formula is C22H18N4O6S. The molecule has 0 bridgehead atoms. The Kier molecular flexibility index (Phi) is 5.36. The van der Waals surface area contributed by atoms with Crippen LogP contribution in [-0.2, 0) is 17.1 Å². The molecule has 4 aromatic rings. The van der Waals surface area contributed by atoms with E-state index >= 15 is 0 Å². The third-order valence-corrected chi connectivity index (χ3v) is 6.78. The van der Waals surface area contributed by atoms with Gasteiger partial charge in [0, 0.05) is 47.4 Å². The Bertz CT molecular complexity index is 1490. The summed E-state index contributed by atoms with van der Waals surface area (Å²) in [4.78, 5) is 21.4. The van der Waals surface area contributed by atoms with Crippen LogP contribution >= 0.6 is 0 Å². The molecular weight excluding hydrogens is 448 g/mol. The van der Waals surface area contributed by atoms with Crippen LogP contribution in [-0.4, -0.2) is 29.0 Å². The number of carbonyl (C=O) groups excluding carboxylic acids is 1. The van der Waals surface area contributed by atoms with Crippen molar-refractivity contribution >= 4 is 38.2 Å². The van der Waals surface area contributed by atoms with Gasteiger partial charge in [-0.2, -0.15) is 8.42 Å². The lowest BCUT2D eigenvalue weighted by Crippen LogP contribution is -2.27. The van der Waals surface area contributed by atoms with Gasteiger partial charge < -0.3 is 10.3 Å². The monoisotopic (exact) mass is 466 g/mol. The third kappa shape index (κ3) is 3.90. The number of non-ortho nitro benzene ring substituents is 1. The minimum absolute atomic E-state index is 0.00385. The van der Waals surface area contributed by atoms with Crippen LogP contribution in [0.1, 0.15) is 10.4 Å². The molecule has 0 atom stereocenters. The Balaban J connectivity index is 1.76. The summed E-state index contributed by atoms with van der Waals surface area (Å²) in [6, 6.07) is 15.5. The highest BCUT2D eigenvalue weighted by molar-refractivity contribution is 7.92. The van der Waals surface area contributed by atoms with Crippen molar-refractivity contribution in [2.75, 3.05) is 4.47 Å². The Morgan fingerprint density at radius 1 is 1.06 bits per heavy atom. The van der Waals surface area contributed by atoms with Gasteiger partial charge in [-0.25, -0.2) is 0 Å². The maximum Gasteiger partial charge on any atom is 0.286 e. The number of aryl methyl sites for hydroxylation is 1. The van der Waals surface area contributed by atoms with Gasteiger partial charge in [0.15, 0.2) is 0 Å². The predicted molar refractivity (Wildman–Crippen MR) is 121 cm³/mol. The van der Waals surface area contributed by atoms with E-state index in [1.807, 2.05) is 17.8 Å². The minimum Gasteiger partial charge on any atom is -0.366 e. The number of nitro groups is 1.